The van der Waals surface area contributed by atoms with E-state index in [9.17, 15) is 18.3 Å². The Labute approximate surface area is 182 Å². The molecule has 0 bridgehead atoms. The summed E-state index contributed by atoms with van der Waals surface area (Å²) in [5, 5.41) is 13.2. The number of benzene rings is 1. The fraction of sp³-hybridized carbons (Fsp3) is 0.522. The Morgan fingerprint density at radius 2 is 1.71 bits per heavy atom. The maximum atomic E-state index is 13.0. The summed E-state index contributed by atoms with van der Waals surface area (Å²) in [6.07, 6.45) is 7.68. The van der Waals surface area contributed by atoms with Gasteiger partial charge in [-0.1, -0.05) is 6.07 Å². The lowest BCUT2D eigenvalue weighted by Crippen LogP contribution is -2.35. The van der Waals surface area contributed by atoms with Gasteiger partial charge in [-0.2, -0.15) is 8.42 Å². The molecule has 0 aliphatic heterocycles. The number of sulfonamides is 1. The van der Waals surface area contributed by atoms with Crippen molar-refractivity contribution in [1.29, 1.82) is 0 Å². The van der Waals surface area contributed by atoms with Crippen molar-refractivity contribution in [3.05, 3.63) is 45.2 Å². The average Bonchev–Trinajstić information content (AvgIpc) is 3.39. The molecule has 3 aliphatic rings. The van der Waals surface area contributed by atoms with Gasteiger partial charge in [0.25, 0.3) is 10.0 Å². The first kappa shape index (κ1) is 20.6. The summed E-state index contributed by atoms with van der Waals surface area (Å²) in [6.45, 7) is 3.28. The highest BCUT2D eigenvalue weighted by atomic mass is 32.2. The number of anilines is 1. The first-order chi connectivity index (χ1) is 14.7. The van der Waals surface area contributed by atoms with Gasteiger partial charge in [-0.05, 0) is 87.5 Å². The number of nitrogens with one attached hydrogen (secondary N) is 2. The van der Waals surface area contributed by atoms with Crippen molar-refractivity contribution in [2.45, 2.75) is 82.3 Å². The van der Waals surface area contributed by atoms with E-state index in [1.54, 1.807) is 13.8 Å². The number of fused-ring (bicyclic) bond motifs is 3. The van der Waals surface area contributed by atoms with Gasteiger partial charge in [-0.25, -0.2) is 9.52 Å². The number of rotatable bonds is 3. The molecule has 2 amide bonds. The average molecular weight is 445 g/mol. The van der Waals surface area contributed by atoms with Crippen molar-refractivity contribution < 1.29 is 22.7 Å². The minimum absolute atomic E-state index is 0.293. The summed E-state index contributed by atoms with van der Waals surface area (Å²) < 4.78 is 33.8. The molecule has 1 heterocycles. The van der Waals surface area contributed by atoms with E-state index in [2.05, 4.69) is 16.1 Å². The van der Waals surface area contributed by atoms with Gasteiger partial charge < -0.3 is 14.8 Å². The molecule has 1 aromatic carbocycles. The number of amides is 2. The van der Waals surface area contributed by atoms with E-state index < -0.39 is 21.7 Å². The molecule has 7 nitrogen and oxygen atoms in total. The Morgan fingerprint density at radius 3 is 2.32 bits per heavy atom. The summed E-state index contributed by atoms with van der Waals surface area (Å²) in [7, 11) is -4.22. The molecule has 3 N–H and O–H groups in total. The monoisotopic (exact) mass is 444 g/mol. The highest BCUT2D eigenvalue weighted by Crippen LogP contribution is 2.41. The van der Waals surface area contributed by atoms with Crippen LogP contribution < -0.4 is 10.0 Å². The molecule has 166 valence electrons. The Bertz CT molecular complexity index is 1160. The minimum atomic E-state index is -4.22. The number of carbonyl (C=O) groups excluding carboxylic acids is 1. The summed E-state index contributed by atoms with van der Waals surface area (Å²) >= 11 is 0. The molecule has 0 radical (unpaired) electrons. The van der Waals surface area contributed by atoms with Crippen LogP contribution in [0.25, 0.3) is 0 Å². The Hall–Kier alpha value is -2.32. The van der Waals surface area contributed by atoms with E-state index in [4.69, 9.17) is 4.42 Å². The smallest absolute Gasteiger partial charge is 0.333 e. The molecule has 0 fully saturated rings. The molecular weight excluding hydrogens is 416 g/mol. The molecule has 1 atom stereocenters. The third kappa shape index (κ3) is 3.36. The number of hydrogen-bond acceptors (Lipinski definition) is 5. The Kier molecular flexibility index (Phi) is 4.71. The lowest BCUT2D eigenvalue weighted by molar-refractivity contribution is 0.0357. The van der Waals surface area contributed by atoms with Gasteiger partial charge in [0.05, 0.1) is 5.60 Å². The van der Waals surface area contributed by atoms with Crippen molar-refractivity contribution in [3.63, 3.8) is 0 Å². The first-order valence-corrected chi connectivity index (χ1v) is 12.5. The predicted molar refractivity (Wildman–Crippen MR) is 116 cm³/mol. The van der Waals surface area contributed by atoms with Crippen molar-refractivity contribution >= 4 is 21.7 Å². The van der Waals surface area contributed by atoms with Gasteiger partial charge in [0.1, 0.15) is 5.76 Å². The van der Waals surface area contributed by atoms with Gasteiger partial charge in [-0.3, -0.25) is 0 Å². The predicted octanol–water partition coefficient (Wildman–Crippen LogP) is 3.62. The Morgan fingerprint density at radius 1 is 1.06 bits per heavy atom. The van der Waals surface area contributed by atoms with Crippen LogP contribution in [0, 0.1) is 6.92 Å². The van der Waals surface area contributed by atoms with Crippen molar-refractivity contribution in [1.82, 2.24) is 4.72 Å². The van der Waals surface area contributed by atoms with Gasteiger partial charge in [-0.15, -0.1) is 0 Å². The van der Waals surface area contributed by atoms with Gasteiger partial charge >= 0.3 is 6.03 Å². The number of aliphatic hydroxyl groups is 1. The fourth-order valence-electron chi connectivity index (χ4n) is 5.68. The first-order valence-electron chi connectivity index (χ1n) is 11.0. The summed E-state index contributed by atoms with van der Waals surface area (Å²) in [4.78, 5) is 12.8. The molecule has 0 saturated carbocycles. The molecule has 8 heteroatoms. The van der Waals surface area contributed by atoms with Crippen LogP contribution in [0.2, 0.25) is 0 Å². The highest BCUT2D eigenvalue weighted by Gasteiger charge is 2.39. The molecule has 2 aromatic rings. The van der Waals surface area contributed by atoms with Crippen LogP contribution in [0.15, 0.2) is 15.6 Å². The van der Waals surface area contributed by atoms with Crippen LogP contribution in [0.3, 0.4) is 0 Å². The second-order valence-electron chi connectivity index (χ2n) is 9.23. The van der Waals surface area contributed by atoms with E-state index in [-0.39, 0.29) is 5.09 Å². The fourth-order valence-corrected chi connectivity index (χ4v) is 6.78. The standard InChI is InChI=1S/C23H28N2O5S/c1-13-19-18(10-5-11-23(19,2)27)30-21(13)31(28,29)25-22(26)24-20-16-8-3-6-14(16)12-15-7-4-9-17(15)20/h12,27H,3-11H2,1-2H3,(H2,24,25,26). The van der Waals surface area contributed by atoms with E-state index in [1.165, 1.54) is 11.1 Å². The van der Waals surface area contributed by atoms with Crippen LogP contribution in [0.1, 0.15) is 71.7 Å². The zero-order chi connectivity index (χ0) is 22.0. The summed E-state index contributed by atoms with van der Waals surface area (Å²) in [6, 6.07) is 1.47. The van der Waals surface area contributed by atoms with E-state index in [0.29, 0.717) is 36.1 Å². The molecule has 1 unspecified atom stereocenters. The van der Waals surface area contributed by atoms with Crippen LogP contribution in [0.5, 0.6) is 0 Å². The zero-order valence-corrected chi connectivity index (χ0v) is 18.7. The Balaban J connectivity index is 1.43. The van der Waals surface area contributed by atoms with Gasteiger partial charge in [0.15, 0.2) is 0 Å². The second-order valence-corrected chi connectivity index (χ2v) is 10.8. The highest BCUT2D eigenvalue weighted by molar-refractivity contribution is 7.90. The third-order valence-corrected chi connectivity index (χ3v) is 8.30. The van der Waals surface area contributed by atoms with Crippen molar-refractivity contribution in [3.8, 4) is 0 Å². The van der Waals surface area contributed by atoms with E-state index in [0.717, 1.165) is 55.3 Å². The molecule has 5 rings (SSSR count). The van der Waals surface area contributed by atoms with Crippen LogP contribution in [-0.2, 0) is 47.7 Å². The van der Waals surface area contributed by atoms with Crippen LogP contribution in [0.4, 0.5) is 10.5 Å². The maximum Gasteiger partial charge on any atom is 0.333 e. The number of urea groups is 1. The third-order valence-electron chi connectivity index (χ3n) is 6.96. The normalized spacial score (nSPS) is 22.0. The van der Waals surface area contributed by atoms with Gasteiger partial charge in [0.2, 0.25) is 5.09 Å². The van der Waals surface area contributed by atoms with Gasteiger partial charge in [0, 0.05) is 23.2 Å². The SMILES string of the molecule is Cc1c(S(=O)(=O)NC(=O)Nc2c3c(cc4c2CCC4)CCC3)oc2c1C(C)(O)CCC2. The molecule has 1 aromatic heterocycles. The largest absolute Gasteiger partial charge is 0.447 e. The molecule has 0 spiro atoms. The number of furan rings is 1. The number of carbonyl (C=O) groups is 1. The second kappa shape index (κ2) is 7.10. The maximum absolute atomic E-state index is 13.0. The zero-order valence-electron chi connectivity index (χ0n) is 17.9. The summed E-state index contributed by atoms with van der Waals surface area (Å²) in [5.74, 6) is 0.480. The minimum Gasteiger partial charge on any atom is -0.447 e. The van der Waals surface area contributed by atoms with E-state index in [1.807, 2.05) is 0 Å². The van der Waals surface area contributed by atoms with Crippen molar-refractivity contribution in [2.75, 3.05) is 5.32 Å². The van der Waals surface area contributed by atoms with E-state index >= 15 is 0 Å². The molecule has 0 saturated heterocycles. The lowest BCUT2D eigenvalue weighted by Gasteiger charge is -2.28. The van der Waals surface area contributed by atoms with Crippen molar-refractivity contribution in [2.24, 2.45) is 0 Å². The lowest BCUT2D eigenvalue weighted by atomic mass is 9.83. The quantitative estimate of drug-likeness (QED) is 0.670. The molecular formula is C23H28N2O5S. The number of hydrogen-bond donors (Lipinski definition) is 3. The molecule has 31 heavy (non-hydrogen) atoms. The van der Waals surface area contributed by atoms with Crippen LogP contribution in [-0.4, -0.2) is 19.6 Å². The summed E-state index contributed by atoms with van der Waals surface area (Å²) in [5.41, 5.74) is 5.32. The van der Waals surface area contributed by atoms with Crippen LogP contribution >= 0.6 is 0 Å². The molecule has 3 aliphatic carbocycles. The number of aryl methyl sites for hydroxylation is 3. The topological polar surface area (TPSA) is 109 Å².